The fourth-order valence-electron chi connectivity index (χ4n) is 8.79. The molecule has 0 aliphatic rings. The van der Waals surface area contributed by atoms with Crippen LogP contribution in [0.25, 0.3) is 101 Å². The zero-order valence-electron chi connectivity index (χ0n) is 60.9. The minimum Gasteiger partial charge on any atom is -0.305 e. The molecule has 0 unspecified atom stereocenters. The monoisotopic (exact) mass is 1800 g/mol. The van der Waals surface area contributed by atoms with Crippen molar-refractivity contribution in [2.75, 3.05) is 0 Å². The van der Waals surface area contributed by atoms with Gasteiger partial charge < -0.3 is 29.9 Å². The van der Waals surface area contributed by atoms with Gasteiger partial charge >= 0.3 is 0 Å². The number of hydrogen-bond donors (Lipinski definition) is 0. The van der Waals surface area contributed by atoms with E-state index in [2.05, 4.69) is 97.3 Å². The average molecular weight is 1800 g/mol. The molecule has 483 valence electrons. The predicted octanol–water partition coefficient (Wildman–Crippen LogP) is 18.5. The van der Waals surface area contributed by atoms with Crippen molar-refractivity contribution in [2.45, 2.75) is 27.5 Å². The molecule has 0 aliphatic carbocycles. The Bertz CT molecular complexity index is 4570. The number of nitrogens with zero attached hydrogens (tertiary/aromatic N) is 11. The van der Waals surface area contributed by atoms with Crippen LogP contribution in [0.1, 0.15) is 34.9 Å². The molecule has 14 heteroatoms. The summed E-state index contributed by atoms with van der Waals surface area (Å²) in [6.07, 6.45) is 18.4. The standard InChI is InChI=1S/C16H12N3.C16H11N2.C15H10N3.3C12H10N.3Ir/c1-12-17-10-8-15(19-12)14-7-9-18-16(11-14)13-5-3-2-4-6-13;1-2-5-13(6-3-1)16-11-14(8-10-18-16)15-7-4-9-17-12-15;1-2-5-12(6-3-1)14-11-13(7-10-16-14)15-17-8-4-9-18-15;3*1-10-7-8-12(13-9-10)11-5-3-2-4-6-11;;;/h2-5,7-11H,1H3;1-5,7-12H;1-5,7-11H;3*2-5,7-9H,1H3;;;/q6*-1;;;/i;;;3*1D3;;;. The van der Waals surface area contributed by atoms with Gasteiger partial charge in [0, 0.05) is 146 Å². The topological polar surface area (TPSA) is 142 Å². The molecule has 9 aromatic heterocycles. The Balaban J connectivity index is 0.000000177. The minimum atomic E-state index is -2.09. The van der Waals surface area contributed by atoms with E-state index in [9.17, 15) is 0 Å². The van der Waals surface area contributed by atoms with Gasteiger partial charge in [0.05, 0.1) is 5.69 Å². The second kappa shape index (κ2) is 40.0. The molecule has 0 bridgehead atoms. The van der Waals surface area contributed by atoms with Crippen molar-refractivity contribution in [2.24, 2.45) is 0 Å². The van der Waals surface area contributed by atoms with Gasteiger partial charge in [0.25, 0.3) is 0 Å². The van der Waals surface area contributed by atoms with E-state index in [1.54, 1.807) is 97.8 Å². The summed E-state index contributed by atoms with van der Waals surface area (Å²) in [5, 5.41) is 0. The maximum atomic E-state index is 7.23. The van der Waals surface area contributed by atoms with Crippen molar-refractivity contribution in [3.05, 3.63) is 370 Å². The van der Waals surface area contributed by atoms with Gasteiger partial charge in [-0.1, -0.05) is 60.7 Å². The summed E-state index contributed by atoms with van der Waals surface area (Å²) in [6.45, 7) is -4.39. The van der Waals surface area contributed by atoms with Crippen LogP contribution >= 0.6 is 0 Å². The third-order valence-electron chi connectivity index (χ3n) is 13.4. The molecule has 0 saturated carbocycles. The summed E-state index contributed by atoms with van der Waals surface area (Å²) in [7, 11) is 0. The van der Waals surface area contributed by atoms with Crippen LogP contribution < -0.4 is 0 Å². The van der Waals surface area contributed by atoms with E-state index in [4.69, 9.17) is 12.3 Å². The first-order valence-corrected chi connectivity index (χ1v) is 29.5. The first-order chi connectivity index (χ1) is 49.9. The zero-order valence-corrected chi connectivity index (χ0v) is 59.0. The fraction of sp³-hybridized carbons (Fsp3) is 0.0482. The third kappa shape index (κ3) is 23.4. The Morgan fingerprint density at radius 1 is 0.268 bits per heavy atom. The molecule has 0 saturated heterocycles. The van der Waals surface area contributed by atoms with Gasteiger partial charge in [-0.15, -0.1) is 215 Å². The maximum absolute atomic E-state index is 7.23. The van der Waals surface area contributed by atoms with Gasteiger partial charge in [-0.2, -0.15) is 0 Å². The second-order valence-electron chi connectivity index (χ2n) is 20.0. The van der Waals surface area contributed by atoms with Crippen molar-refractivity contribution >= 4 is 0 Å². The molecule has 11 nitrogen and oxygen atoms in total. The molecule has 0 aliphatic heterocycles. The number of aromatic nitrogens is 11. The number of pyridine rings is 7. The third-order valence-corrected chi connectivity index (χ3v) is 13.4. The largest absolute Gasteiger partial charge is 0.305 e. The molecule has 15 aromatic rings. The zero-order chi connectivity index (χ0) is 72.3. The van der Waals surface area contributed by atoms with Crippen LogP contribution in [-0.4, -0.2) is 54.8 Å². The first kappa shape index (κ1) is 61.4. The van der Waals surface area contributed by atoms with Crippen LogP contribution in [0.5, 0.6) is 0 Å². The number of aryl methyl sites for hydroxylation is 4. The van der Waals surface area contributed by atoms with Gasteiger partial charge in [-0.25, -0.2) is 19.9 Å². The van der Waals surface area contributed by atoms with E-state index in [0.717, 1.165) is 101 Å². The van der Waals surface area contributed by atoms with Crippen molar-refractivity contribution in [3.63, 3.8) is 0 Å². The van der Waals surface area contributed by atoms with Gasteiger partial charge in [-0.3, -0.25) is 4.98 Å². The van der Waals surface area contributed by atoms with Crippen LogP contribution in [0.15, 0.2) is 311 Å². The van der Waals surface area contributed by atoms with Gasteiger partial charge in [0.15, 0.2) is 5.82 Å². The van der Waals surface area contributed by atoms with Crippen LogP contribution in [0.4, 0.5) is 0 Å². The maximum Gasteiger partial charge on any atom is 0.158 e. The predicted molar refractivity (Wildman–Crippen MR) is 375 cm³/mol. The Kier molecular flexibility index (Phi) is 25.3. The van der Waals surface area contributed by atoms with Gasteiger partial charge in [0.1, 0.15) is 5.82 Å². The second-order valence-corrected chi connectivity index (χ2v) is 20.0. The summed E-state index contributed by atoms with van der Waals surface area (Å²) in [5.74, 6) is 1.47. The Morgan fingerprint density at radius 2 is 0.639 bits per heavy atom. The molecule has 3 radical (unpaired) electrons. The quantitative estimate of drug-likeness (QED) is 0.127. The van der Waals surface area contributed by atoms with Crippen molar-refractivity contribution < 1.29 is 72.7 Å². The molecular formula is C83H63Ir3N11-6. The minimum absolute atomic E-state index is 0. The van der Waals surface area contributed by atoms with Crippen LogP contribution in [0.2, 0.25) is 0 Å². The van der Waals surface area contributed by atoms with E-state index < -0.39 is 20.6 Å². The van der Waals surface area contributed by atoms with Crippen molar-refractivity contribution in [1.29, 1.82) is 0 Å². The molecule has 0 fully saturated rings. The van der Waals surface area contributed by atoms with E-state index in [1.807, 2.05) is 195 Å². The SMILES string of the molecule is Cc1nccc(-c2ccnc(-c3[c-]cccc3)c2)n1.[2H]C([2H])([2H])c1ccc(-c2[c-]cccc2)nc1.[2H]C([2H])([2H])c1ccc(-c2[c-]cccc2)nc1.[2H]C([2H])([2H])c1ccc(-c2[c-]cccc2)nc1.[Ir].[Ir].[Ir].[c-]1ccccc1-c1cc(-c2cccnc2)ccn1.[c-]1ccccc1-c1cc(-c2ncccn2)ccn1. The fourth-order valence-corrected chi connectivity index (χ4v) is 8.79. The smallest absolute Gasteiger partial charge is 0.158 e. The van der Waals surface area contributed by atoms with Crippen molar-refractivity contribution in [1.82, 2.24) is 54.8 Å². The first-order valence-electron chi connectivity index (χ1n) is 34.0. The number of rotatable bonds is 9. The molecule has 0 atom stereocenters. The molecule has 97 heavy (non-hydrogen) atoms. The Morgan fingerprint density at radius 3 is 0.990 bits per heavy atom. The normalized spacial score (nSPS) is 11.6. The molecule has 9 heterocycles. The molecular weight excluding hydrogens is 1730 g/mol. The summed E-state index contributed by atoms with van der Waals surface area (Å²) in [6, 6.07) is 93.9. The molecule has 0 amide bonds. The molecule has 0 N–H and O–H groups in total. The summed E-state index contributed by atoms with van der Waals surface area (Å²) < 4.78 is 65.1. The van der Waals surface area contributed by atoms with Crippen LogP contribution in [0.3, 0.4) is 0 Å². The summed E-state index contributed by atoms with van der Waals surface area (Å²) in [5.41, 5.74) is 16.3. The van der Waals surface area contributed by atoms with E-state index in [0.29, 0.717) is 5.82 Å². The van der Waals surface area contributed by atoms with E-state index in [1.165, 1.54) is 18.6 Å². The van der Waals surface area contributed by atoms with Crippen LogP contribution in [0, 0.1) is 63.9 Å². The summed E-state index contributed by atoms with van der Waals surface area (Å²) >= 11 is 0. The van der Waals surface area contributed by atoms with Crippen molar-refractivity contribution in [3.8, 4) is 101 Å². The van der Waals surface area contributed by atoms with Gasteiger partial charge in [0.2, 0.25) is 0 Å². The molecule has 0 spiro atoms. The number of hydrogen-bond acceptors (Lipinski definition) is 11. The molecule has 6 aromatic carbocycles. The number of benzene rings is 6. The average Bonchev–Trinajstić information content (AvgIpc) is 0.874. The molecule has 15 rings (SSSR count). The summed E-state index contributed by atoms with van der Waals surface area (Å²) in [4.78, 5) is 46.6. The van der Waals surface area contributed by atoms with Crippen LogP contribution in [-0.2, 0) is 60.3 Å². The Hall–Kier alpha value is -10.5. The van der Waals surface area contributed by atoms with E-state index >= 15 is 0 Å². The Labute approximate surface area is 621 Å². The van der Waals surface area contributed by atoms with Gasteiger partial charge in [-0.05, 0) is 131 Å². The van der Waals surface area contributed by atoms with E-state index in [-0.39, 0.29) is 77.0 Å².